The largest absolute Gasteiger partial charge is 0.343 e. The summed E-state index contributed by atoms with van der Waals surface area (Å²) >= 11 is 0. The van der Waals surface area contributed by atoms with Crippen molar-refractivity contribution in [2.75, 3.05) is 11.9 Å². The molecule has 0 spiro atoms. The third-order valence-electron chi connectivity index (χ3n) is 3.77. The van der Waals surface area contributed by atoms with Crippen LogP contribution in [0.25, 0.3) is 11.0 Å². The van der Waals surface area contributed by atoms with Gasteiger partial charge in [0.15, 0.2) is 5.65 Å². The van der Waals surface area contributed by atoms with E-state index < -0.39 is 0 Å². The van der Waals surface area contributed by atoms with Crippen molar-refractivity contribution < 1.29 is 4.39 Å². The summed E-state index contributed by atoms with van der Waals surface area (Å²) in [5, 5.41) is 0.463. The minimum absolute atomic E-state index is 0.121. The van der Waals surface area contributed by atoms with Gasteiger partial charge >= 0.3 is 0 Å². The Kier molecular flexibility index (Phi) is 4.09. The van der Waals surface area contributed by atoms with Crippen LogP contribution in [0.4, 0.5) is 15.8 Å². The van der Waals surface area contributed by atoms with Crippen LogP contribution in [0.15, 0.2) is 41.3 Å². The second kappa shape index (κ2) is 6.05. The molecule has 1 aromatic carbocycles. The van der Waals surface area contributed by atoms with E-state index in [1.54, 1.807) is 35.9 Å². The number of aryl methyl sites for hydroxylation is 1. The highest BCUT2D eigenvalue weighted by Crippen LogP contribution is 2.24. The third-order valence-corrected chi connectivity index (χ3v) is 4.14. The van der Waals surface area contributed by atoms with Crippen LogP contribution in [0.2, 0.25) is 0 Å². The average Bonchev–Trinajstić information content (AvgIpc) is 2.55. The topological polar surface area (TPSA) is 51.0 Å². The van der Waals surface area contributed by atoms with Crippen molar-refractivity contribution in [3.63, 3.8) is 0 Å². The van der Waals surface area contributed by atoms with Gasteiger partial charge in [-0.3, -0.25) is 9.36 Å². The van der Waals surface area contributed by atoms with Crippen molar-refractivity contribution in [3.8, 4) is 0 Å². The average molecular weight is 330 g/mol. The lowest BCUT2D eigenvalue weighted by Crippen LogP contribution is -2.23. The maximum Gasteiger partial charge on any atom is 0.263 e. The van der Waals surface area contributed by atoms with Gasteiger partial charge in [-0.05, 0) is 37.3 Å². The van der Waals surface area contributed by atoms with Gasteiger partial charge in [-0.1, -0.05) is 0 Å². The quantitative estimate of drug-likeness (QED) is 0.693. The van der Waals surface area contributed by atoms with Gasteiger partial charge < -0.3 is 4.90 Å². The first-order chi connectivity index (χ1) is 11.0. The van der Waals surface area contributed by atoms with Gasteiger partial charge in [0.1, 0.15) is 11.6 Å². The van der Waals surface area contributed by atoms with Crippen LogP contribution < -0.4 is 10.5 Å². The predicted octanol–water partition coefficient (Wildman–Crippen LogP) is 2.84. The summed E-state index contributed by atoms with van der Waals surface area (Å²) in [6, 6.07) is 7.90. The first-order valence-electron chi connectivity index (χ1n) is 7.08. The maximum absolute atomic E-state index is 13.0. The summed E-state index contributed by atoms with van der Waals surface area (Å²) in [5.41, 5.74) is 1.85. The second-order valence-electron chi connectivity index (χ2n) is 5.17. The standard InChI is InChI=1S/C16H16FN4OP/c1-10-19-15-14(16(22)21(10)9-23)7-13(8-18-15)20(2)12-5-3-11(17)4-6-12/h3-8H,9,23H2,1-2H3. The molecule has 0 aliphatic carbocycles. The number of fused-ring (bicyclic) bond motifs is 1. The molecule has 0 fully saturated rings. The van der Waals surface area contributed by atoms with E-state index in [0.717, 1.165) is 11.4 Å². The highest BCUT2D eigenvalue weighted by molar-refractivity contribution is 7.15. The van der Waals surface area contributed by atoms with E-state index >= 15 is 0 Å². The fourth-order valence-electron chi connectivity index (χ4n) is 2.41. The Morgan fingerprint density at radius 2 is 1.96 bits per heavy atom. The minimum Gasteiger partial charge on any atom is -0.343 e. The molecule has 0 N–H and O–H groups in total. The van der Waals surface area contributed by atoms with Crippen molar-refractivity contribution >= 4 is 31.6 Å². The second-order valence-corrected chi connectivity index (χ2v) is 5.54. The Morgan fingerprint density at radius 1 is 1.26 bits per heavy atom. The Balaban J connectivity index is 2.12. The van der Waals surface area contributed by atoms with Crippen molar-refractivity contribution in [1.29, 1.82) is 0 Å². The molecule has 0 bridgehead atoms. The smallest absolute Gasteiger partial charge is 0.263 e. The summed E-state index contributed by atoms with van der Waals surface area (Å²) in [7, 11) is 4.36. The van der Waals surface area contributed by atoms with Crippen molar-refractivity contribution in [1.82, 2.24) is 14.5 Å². The molecule has 3 aromatic rings. The Morgan fingerprint density at radius 3 is 2.61 bits per heavy atom. The summed E-state index contributed by atoms with van der Waals surface area (Å²) in [6.45, 7) is 1.78. The van der Waals surface area contributed by atoms with Crippen molar-refractivity contribution in [3.05, 3.63) is 58.5 Å². The third kappa shape index (κ3) is 2.82. The molecule has 2 aromatic heterocycles. The molecular formula is C16H16FN4OP. The van der Waals surface area contributed by atoms with Gasteiger partial charge in [0.25, 0.3) is 5.56 Å². The predicted molar refractivity (Wildman–Crippen MR) is 92.7 cm³/mol. The van der Waals surface area contributed by atoms with E-state index in [-0.39, 0.29) is 11.4 Å². The number of aromatic nitrogens is 3. The van der Waals surface area contributed by atoms with Gasteiger partial charge in [0.2, 0.25) is 0 Å². The van der Waals surface area contributed by atoms with Crippen LogP contribution in [0.3, 0.4) is 0 Å². The highest BCUT2D eigenvalue weighted by Gasteiger charge is 2.11. The summed E-state index contributed by atoms with van der Waals surface area (Å²) in [4.78, 5) is 23.0. The molecule has 23 heavy (non-hydrogen) atoms. The molecule has 0 aliphatic heterocycles. The molecule has 0 aliphatic rings. The lowest BCUT2D eigenvalue weighted by Gasteiger charge is -2.19. The number of anilines is 2. The zero-order valence-electron chi connectivity index (χ0n) is 12.8. The molecule has 0 radical (unpaired) electrons. The van der Waals surface area contributed by atoms with Crippen molar-refractivity contribution in [2.24, 2.45) is 0 Å². The van der Waals surface area contributed by atoms with Crippen LogP contribution in [-0.4, -0.2) is 21.6 Å². The first kappa shape index (κ1) is 15.6. The molecule has 2 heterocycles. The van der Waals surface area contributed by atoms with Crippen LogP contribution in [-0.2, 0) is 6.29 Å². The first-order valence-corrected chi connectivity index (χ1v) is 7.89. The summed E-state index contributed by atoms with van der Waals surface area (Å²) in [5.74, 6) is 0.339. The van der Waals surface area contributed by atoms with E-state index in [4.69, 9.17) is 0 Å². The molecule has 3 rings (SSSR count). The molecule has 0 saturated heterocycles. The Hall–Kier alpha value is -2.33. The Labute approximate surface area is 135 Å². The van der Waals surface area contributed by atoms with E-state index in [2.05, 4.69) is 19.2 Å². The fourth-order valence-corrected chi connectivity index (χ4v) is 2.84. The van der Waals surface area contributed by atoms with Gasteiger partial charge in [0.05, 0.1) is 17.3 Å². The highest BCUT2D eigenvalue weighted by atomic mass is 31.0. The van der Waals surface area contributed by atoms with E-state index in [1.807, 2.05) is 11.9 Å². The number of hydrogen-bond acceptors (Lipinski definition) is 4. The summed E-state index contributed by atoms with van der Waals surface area (Å²) < 4.78 is 14.6. The van der Waals surface area contributed by atoms with Crippen molar-refractivity contribution in [2.45, 2.75) is 13.2 Å². The maximum atomic E-state index is 13.0. The van der Waals surface area contributed by atoms with Crippen LogP contribution in [0.1, 0.15) is 5.82 Å². The number of benzene rings is 1. The van der Waals surface area contributed by atoms with Gasteiger partial charge in [0, 0.05) is 19.0 Å². The molecule has 5 nitrogen and oxygen atoms in total. The molecule has 0 amide bonds. The minimum atomic E-state index is -0.290. The van der Waals surface area contributed by atoms with E-state index in [9.17, 15) is 9.18 Å². The number of nitrogens with zero attached hydrogens (tertiary/aromatic N) is 4. The summed E-state index contributed by atoms with van der Waals surface area (Å²) in [6.07, 6.45) is 2.13. The zero-order chi connectivity index (χ0) is 16.6. The molecule has 1 atom stereocenters. The number of pyridine rings is 1. The zero-order valence-corrected chi connectivity index (χ0v) is 14.0. The van der Waals surface area contributed by atoms with E-state index in [1.165, 1.54) is 12.1 Å². The molecule has 1 unspecified atom stereocenters. The molecule has 0 saturated carbocycles. The van der Waals surface area contributed by atoms with E-state index in [0.29, 0.717) is 23.1 Å². The number of rotatable bonds is 3. The number of hydrogen-bond donors (Lipinski definition) is 0. The molecule has 7 heteroatoms. The fraction of sp³-hybridized carbons (Fsp3) is 0.188. The Bertz CT molecular complexity index is 924. The normalized spacial score (nSPS) is 11.0. The van der Waals surface area contributed by atoms with Gasteiger partial charge in [-0.15, -0.1) is 9.24 Å². The SMILES string of the molecule is Cc1nc2ncc(N(C)c3ccc(F)cc3)cc2c(=O)n1CP. The monoisotopic (exact) mass is 330 g/mol. The van der Waals surface area contributed by atoms with Gasteiger partial charge in [-0.25, -0.2) is 14.4 Å². The lowest BCUT2D eigenvalue weighted by molar-refractivity contribution is 0.628. The number of halogens is 1. The van der Waals surface area contributed by atoms with Crippen LogP contribution in [0, 0.1) is 12.7 Å². The molecule has 118 valence electrons. The van der Waals surface area contributed by atoms with Crippen LogP contribution >= 0.6 is 9.24 Å². The van der Waals surface area contributed by atoms with Gasteiger partial charge in [-0.2, -0.15) is 0 Å². The van der Waals surface area contributed by atoms with Crippen LogP contribution in [0.5, 0.6) is 0 Å². The lowest BCUT2D eigenvalue weighted by atomic mass is 10.2. The molecular weight excluding hydrogens is 314 g/mol.